The average molecular weight is 267 g/mol. The maximum Gasteiger partial charge on any atom is 0.170 e. The van der Waals surface area contributed by atoms with Gasteiger partial charge in [0, 0.05) is 17.6 Å². The van der Waals surface area contributed by atoms with E-state index in [4.69, 9.17) is 10.9 Å². The zero-order valence-electron chi connectivity index (χ0n) is 11.9. The molecule has 3 N–H and O–H groups in total. The standard InChI is InChI=1S/C14H22FN3O/c1-5-14(2,3)18(4)9-10-6-11(13(16)17-19)8-12(15)7-10/h6-8,19H,5,9H2,1-4H3,(H2,16,17). The van der Waals surface area contributed by atoms with Gasteiger partial charge in [0.2, 0.25) is 0 Å². The van der Waals surface area contributed by atoms with E-state index in [-0.39, 0.29) is 17.2 Å². The predicted molar refractivity (Wildman–Crippen MR) is 74.7 cm³/mol. The van der Waals surface area contributed by atoms with E-state index in [1.165, 1.54) is 12.1 Å². The second-order valence-electron chi connectivity index (χ2n) is 5.36. The van der Waals surface area contributed by atoms with Gasteiger partial charge in [-0.15, -0.1) is 0 Å². The Morgan fingerprint density at radius 3 is 2.58 bits per heavy atom. The molecule has 4 nitrogen and oxygen atoms in total. The smallest absolute Gasteiger partial charge is 0.170 e. The number of amidine groups is 1. The Morgan fingerprint density at radius 2 is 2.05 bits per heavy atom. The third-order valence-corrected chi connectivity index (χ3v) is 3.68. The zero-order valence-corrected chi connectivity index (χ0v) is 11.9. The quantitative estimate of drug-likeness (QED) is 0.373. The summed E-state index contributed by atoms with van der Waals surface area (Å²) in [5.74, 6) is -0.472. The van der Waals surface area contributed by atoms with Gasteiger partial charge in [-0.2, -0.15) is 0 Å². The van der Waals surface area contributed by atoms with Crippen molar-refractivity contribution in [1.29, 1.82) is 0 Å². The van der Waals surface area contributed by atoms with Gasteiger partial charge >= 0.3 is 0 Å². The molecule has 1 aromatic carbocycles. The van der Waals surface area contributed by atoms with Crippen LogP contribution in [0.4, 0.5) is 4.39 Å². The first-order valence-electron chi connectivity index (χ1n) is 6.28. The lowest BCUT2D eigenvalue weighted by Crippen LogP contribution is -2.39. The van der Waals surface area contributed by atoms with Crippen LogP contribution < -0.4 is 5.73 Å². The Balaban J connectivity index is 2.99. The second-order valence-corrected chi connectivity index (χ2v) is 5.36. The van der Waals surface area contributed by atoms with Crippen LogP contribution in [0.25, 0.3) is 0 Å². The molecule has 19 heavy (non-hydrogen) atoms. The maximum absolute atomic E-state index is 13.5. The number of hydrogen-bond acceptors (Lipinski definition) is 3. The van der Waals surface area contributed by atoms with E-state index in [1.54, 1.807) is 6.07 Å². The lowest BCUT2D eigenvalue weighted by atomic mass is 9.99. The SMILES string of the molecule is CCC(C)(C)N(C)Cc1cc(F)cc(/C(N)=N/O)c1. The summed E-state index contributed by atoms with van der Waals surface area (Å²) in [6.07, 6.45) is 0.992. The summed E-state index contributed by atoms with van der Waals surface area (Å²) in [7, 11) is 2.00. The minimum absolute atomic E-state index is 0.0308. The third kappa shape index (κ3) is 3.92. The Morgan fingerprint density at radius 1 is 1.42 bits per heavy atom. The highest BCUT2D eigenvalue weighted by molar-refractivity contribution is 5.97. The number of rotatable bonds is 5. The first-order valence-corrected chi connectivity index (χ1v) is 6.28. The van der Waals surface area contributed by atoms with Crippen LogP contribution in [0, 0.1) is 5.82 Å². The lowest BCUT2D eigenvalue weighted by molar-refractivity contribution is 0.143. The Hall–Kier alpha value is -1.62. The van der Waals surface area contributed by atoms with Crippen LogP contribution in [-0.4, -0.2) is 28.5 Å². The Labute approximate surface area is 113 Å². The molecule has 0 saturated carbocycles. The van der Waals surface area contributed by atoms with E-state index < -0.39 is 0 Å². The number of hydrogen-bond donors (Lipinski definition) is 2. The van der Waals surface area contributed by atoms with Gasteiger partial charge in [0.05, 0.1) is 0 Å². The molecule has 0 amide bonds. The van der Waals surface area contributed by atoms with Gasteiger partial charge in [-0.1, -0.05) is 12.1 Å². The average Bonchev–Trinajstić information content (AvgIpc) is 2.36. The number of nitrogens with two attached hydrogens (primary N) is 1. The summed E-state index contributed by atoms with van der Waals surface area (Å²) in [6, 6.07) is 4.46. The van der Waals surface area contributed by atoms with Gasteiger partial charge in [0.1, 0.15) is 5.82 Å². The van der Waals surface area contributed by atoms with E-state index in [0.29, 0.717) is 12.1 Å². The van der Waals surface area contributed by atoms with E-state index in [1.807, 2.05) is 7.05 Å². The summed E-state index contributed by atoms with van der Waals surface area (Å²) < 4.78 is 13.5. The summed E-state index contributed by atoms with van der Waals surface area (Å²) >= 11 is 0. The molecule has 1 rings (SSSR count). The van der Waals surface area contributed by atoms with Crippen LogP contribution in [0.1, 0.15) is 38.3 Å². The van der Waals surface area contributed by atoms with Gasteiger partial charge < -0.3 is 10.9 Å². The first kappa shape index (κ1) is 15.4. The van der Waals surface area contributed by atoms with Crippen LogP contribution in [0.2, 0.25) is 0 Å². The van der Waals surface area contributed by atoms with Crippen molar-refractivity contribution >= 4 is 5.84 Å². The molecule has 0 fully saturated rings. The second kappa shape index (κ2) is 6.02. The van der Waals surface area contributed by atoms with Crippen molar-refractivity contribution in [2.24, 2.45) is 10.9 Å². The monoisotopic (exact) mass is 267 g/mol. The van der Waals surface area contributed by atoms with Crippen LogP contribution in [0.5, 0.6) is 0 Å². The molecule has 0 unspecified atom stereocenters. The molecule has 5 heteroatoms. The largest absolute Gasteiger partial charge is 0.409 e. The molecule has 106 valence electrons. The van der Waals surface area contributed by atoms with E-state index in [2.05, 4.69) is 30.8 Å². The molecular weight excluding hydrogens is 245 g/mol. The number of nitrogens with zero attached hydrogens (tertiary/aromatic N) is 2. The zero-order chi connectivity index (χ0) is 14.6. The highest BCUT2D eigenvalue weighted by Crippen LogP contribution is 2.20. The molecular formula is C14H22FN3O. The van der Waals surface area contributed by atoms with Crippen LogP contribution in [0.3, 0.4) is 0 Å². The molecule has 0 heterocycles. The Bertz CT molecular complexity index is 472. The minimum Gasteiger partial charge on any atom is -0.409 e. The molecule has 0 aliphatic carbocycles. The topological polar surface area (TPSA) is 61.8 Å². The highest BCUT2D eigenvalue weighted by Gasteiger charge is 2.21. The summed E-state index contributed by atoms with van der Waals surface area (Å²) in [6.45, 7) is 6.99. The summed E-state index contributed by atoms with van der Waals surface area (Å²) in [4.78, 5) is 2.15. The fourth-order valence-corrected chi connectivity index (χ4v) is 1.71. The Kier molecular flexibility index (Phi) is 4.89. The number of oxime groups is 1. The van der Waals surface area contributed by atoms with Crippen molar-refractivity contribution in [2.75, 3.05) is 7.05 Å². The number of halogens is 1. The van der Waals surface area contributed by atoms with Crippen molar-refractivity contribution in [1.82, 2.24) is 4.90 Å². The van der Waals surface area contributed by atoms with E-state index in [9.17, 15) is 4.39 Å². The van der Waals surface area contributed by atoms with Gasteiger partial charge in [0.15, 0.2) is 5.84 Å². The van der Waals surface area contributed by atoms with Crippen molar-refractivity contribution < 1.29 is 9.60 Å². The molecule has 0 aliphatic heterocycles. The molecule has 0 atom stereocenters. The molecule has 0 radical (unpaired) electrons. The van der Waals surface area contributed by atoms with Gasteiger partial charge in [-0.3, -0.25) is 4.90 Å². The molecule has 0 bridgehead atoms. The molecule has 0 aromatic heterocycles. The summed E-state index contributed by atoms with van der Waals surface area (Å²) in [5.41, 5.74) is 6.71. The van der Waals surface area contributed by atoms with Gasteiger partial charge in [-0.05, 0) is 51.1 Å². The van der Waals surface area contributed by atoms with Gasteiger partial charge in [0.25, 0.3) is 0 Å². The summed E-state index contributed by atoms with van der Waals surface area (Å²) in [5, 5.41) is 11.5. The van der Waals surface area contributed by atoms with Crippen LogP contribution >= 0.6 is 0 Å². The van der Waals surface area contributed by atoms with Crippen LogP contribution in [-0.2, 0) is 6.54 Å². The molecule has 1 aromatic rings. The van der Waals surface area contributed by atoms with E-state index >= 15 is 0 Å². The van der Waals surface area contributed by atoms with Crippen molar-refractivity contribution in [2.45, 2.75) is 39.3 Å². The van der Waals surface area contributed by atoms with Gasteiger partial charge in [-0.25, -0.2) is 4.39 Å². The first-order chi connectivity index (χ1) is 8.80. The molecule has 0 saturated heterocycles. The number of benzene rings is 1. The lowest BCUT2D eigenvalue weighted by Gasteiger charge is -2.35. The molecule has 0 aliphatic rings. The predicted octanol–water partition coefficient (Wildman–Crippen LogP) is 2.54. The minimum atomic E-state index is -0.387. The normalized spacial score (nSPS) is 13.1. The maximum atomic E-state index is 13.5. The fraction of sp³-hybridized carbons (Fsp3) is 0.500. The van der Waals surface area contributed by atoms with Crippen molar-refractivity contribution in [3.8, 4) is 0 Å². The highest BCUT2D eigenvalue weighted by atomic mass is 19.1. The van der Waals surface area contributed by atoms with E-state index in [0.717, 1.165) is 12.0 Å². The van der Waals surface area contributed by atoms with Crippen molar-refractivity contribution in [3.05, 3.63) is 35.1 Å². The molecule has 0 spiro atoms. The fourth-order valence-electron chi connectivity index (χ4n) is 1.71. The van der Waals surface area contributed by atoms with Crippen molar-refractivity contribution in [3.63, 3.8) is 0 Å². The third-order valence-electron chi connectivity index (χ3n) is 3.68. The van der Waals surface area contributed by atoms with Crippen LogP contribution in [0.15, 0.2) is 23.4 Å².